The third kappa shape index (κ3) is 3.55. The van der Waals surface area contributed by atoms with Crippen molar-refractivity contribution in [3.8, 4) is 11.4 Å². The Bertz CT molecular complexity index is 1180. The molecule has 5 nitrogen and oxygen atoms in total. The van der Waals surface area contributed by atoms with Crippen LogP contribution in [0.2, 0.25) is 0 Å². The second-order valence-corrected chi connectivity index (χ2v) is 7.31. The Kier molecular flexibility index (Phi) is 4.95. The van der Waals surface area contributed by atoms with Gasteiger partial charge in [0.1, 0.15) is 6.10 Å². The van der Waals surface area contributed by atoms with Gasteiger partial charge in [0.05, 0.1) is 35.6 Å². The van der Waals surface area contributed by atoms with Crippen LogP contribution in [0.5, 0.6) is 0 Å². The Morgan fingerprint density at radius 2 is 1.73 bits per heavy atom. The normalized spacial score (nSPS) is 16.5. The number of nitrogens with zero attached hydrogens (tertiary/aromatic N) is 3. The number of amides is 1. The van der Waals surface area contributed by atoms with Crippen molar-refractivity contribution >= 4 is 16.8 Å². The smallest absolute Gasteiger partial charge is 0.254 e. The van der Waals surface area contributed by atoms with Crippen LogP contribution in [0, 0.1) is 0 Å². The number of morpholine rings is 1. The van der Waals surface area contributed by atoms with E-state index in [-0.39, 0.29) is 12.0 Å². The largest absolute Gasteiger partial charge is 0.370 e. The molecular weight excluding hydrogens is 374 g/mol. The Balaban J connectivity index is 1.52. The lowest BCUT2D eigenvalue weighted by molar-refractivity contribution is -0.0227. The van der Waals surface area contributed by atoms with E-state index in [0.717, 1.165) is 22.2 Å². The molecule has 1 aliphatic rings. The molecule has 1 aliphatic heterocycles. The van der Waals surface area contributed by atoms with Gasteiger partial charge in [0.15, 0.2) is 0 Å². The Morgan fingerprint density at radius 1 is 0.933 bits per heavy atom. The monoisotopic (exact) mass is 395 g/mol. The lowest BCUT2D eigenvalue weighted by atomic mass is 10.0. The molecule has 1 amide bonds. The number of aromatic nitrogens is 2. The minimum Gasteiger partial charge on any atom is -0.370 e. The predicted octanol–water partition coefficient (Wildman–Crippen LogP) is 4.51. The van der Waals surface area contributed by atoms with Crippen molar-refractivity contribution in [3.05, 3.63) is 96.2 Å². The van der Waals surface area contributed by atoms with Crippen molar-refractivity contribution in [1.29, 1.82) is 0 Å². The van der Waals surface area contributed by atoms with Crippen LogP contribution < -0.4 is 0 Å². The zero-order valence-electron chi connectivity index (χ0n) is 16.4. The molecule has 148 valence electrons. The van der Waals surface area contributed by atoms with Crippen LogP contribution >= 0.6 is 0 Å². The molecule has 2 aromatic heterocycles. The highest BCUT2D eigenvalue weighted by Crippen LogP contribution is 2.27. The average molecular weight is 395 g/mol. The van der Waals surface area contributed by atoms with Crippen molar-refractivity contribution in [2.45, 2.75) is 6.10 Å². The average Bonchev–Trinajstić information content (AvgIpc) is 2.84. The fraction of sp³-hybridized carbons (Fsp3) is 0.160. The van der Waals surface area contributed by atoms with Crippen LogP contribution in [-0.4, -0.2) is 40.5 Å². The van der Waals surface area contributed by atoms with Crippen molar-refractivity contribution < 1.29 is 9.53 Å². The number of fused-ring (bicyclic) bond motifs is 1. The second kappa shape index (κ2) is 8.05. The zero-order chi connectivity index (χ0) is 20.3. The lowest BCUT2D eigenvalue weighted by Gasteiger charge is -2.33. The molecule has 0 radical (unpaired) electrons. The Morgan fingerprint density at radius 3 is 2.57 bits per heavy atom. The van der Waals surface area contributed by atoms with Crippen molar-refractivity contribution in [1.82, 2.24) is 14.9 Å². The van der Waals surface area contributed by atoms with E-state index in [4.69, 9.17) is 9.72 Å². The molecule has 0 N–H and O–H groups in total. The van der Waals surface area contributed by atoms with Gasteiger partial charge in [-0.1, -0.05) is 54.6 Å². The summed E-state index contributed by atoms with van der Waals surface area (Å²) in [5.41, 5.74) is 3.97. The number of hydrogen-bond acceptors (Lipinski definition) is 4. The van der Waals surface area contributed by atoms with Crippen LogP contribution in [0.15, 0.2) is 85.1 Å². The third-order valence-electron chi connectivity index (χ3n) is 5.40. The molecule has 1 atom stereocenters. The molecule has 0 spiro atoms. The van der Waals surface area contributed by atoms with Gasteiger partial charge in [0.25, 0.3) is 5.91 Å². The van der Waals surface area contributed by atoms with Gasteiger partial charge >= 0.3 is 0 Å². The second-order valence-electron chi connectivity index (χ2n) is 7.31. The summed E-state index contributed by atoms with van der Waals surface area (Å²) in [6, 6.07) is 25.4. The SMILES string of the molecule is O=C(c1cc(-c2ccccn2)nc2ccccc12)N1CCO[C@H](c2ccccc2)C1. The maximum Gasteiger partial charge on any atom is 0.254 e. The Hall–Kier alpha value is -3.57. The minimum atomic E-state index is -0.118. The molecule has 0 unspecified atom stereocenters. The lowest BCUT2D eigenvalue weighted by Crippen LogP contribution is -2.42. The van der Waals surface area contributed by atoms with Crippen LogP contribution in [0.4, 0.5) is 0 Å². The molecule has 5 rings (SSSR count). The van der Waals surface area contributed by atoms with Gasteiger partial charge in [-0.2, -0.15) is 0 Å². The molecule has 0 saturated carbocycles. The zero-order valence-corrected chi connectivity index (χ0v) is 16.4. The summed E-state index contributed by atoms with van der Waals surface area (Å²) in [6.07, 6.45) is 1.62. The molecular formula is C25H21N3O2. The van der Waals surface area contributed by atoms with E-state index >= 15 is 0 Å². The predicted molar refractivity (Wildman–Crippen MR) is 116 cm³/mol. The van der Waals surface area contributed by atoms with Gasteiger partial charge in [-0.15, -0.1) is 0 Å². The highest BCUT2D eigenvalue weighted by Gasteiger charge is 2.27. The highest BCUT2D eigenvalue weighted by molar-refractivity contribution is 6.07. The van der Waals surface area contributed by atoms with E-state index in [1.807, 2.05) is 83.8 Å². The topological polar surface area (TPSA) is 55.3 Å². The summed E-state index contributed by atoms with van der Waals surface area (Å²) in [6.45, 7) is 1.61. The van der Waals surface area contributed by atoms with E-state index < -0.39 is 0 Å². The standard InChI is InChI=1S/C25H21N3O2/c29-25(28-14-15-30-24(17-28)18-8-2-1-3-9-18)20-16-23(22-12-6-7-13-26-22)27-21-11-5-4-10-19(20)21/h1-13,16,24H,14-15,17H2/t24-/m0/s1. The molecule has 30 heavy (non-hydrogen) atoms. The summed E-state index contributed by atoms with van der Waals surface area (Å²) in [5.74, 6) is -0.00462. The van der Waals surface area contributed by atoms with Gasteiger partial charge in [-0.3, -0.25) is 9.78 Å². The van der Waals surface area contributed by atoms with Gasteiger partial charge in [-0.05, 0) is 29.8 Å². The van der Waals surface area contributed by atoms with E-state index in [9.17, 15) is 4.79 Å². The first-order valence-corrected chi connectivity index (χ1v) is 10.1. The first kappa shape index (κ1) is 18.5. The summed E-state index contributed by atoms with van der Waals surface area (Å²) >= 11 is 0. The summed E-state index contributed by atoms with van der Waals surface area (Å²) < 4.78 is 5.94. The van der Waals surface area contributed by atoms with Gasteiger partial charge in [0.2, 0.25) is 0 Å². The number of ether oxygens (including phenoxy) is 1. The van der Waals surface area contributed by atoms with Crippen LogP contribution in [-0.2, 0) is 4.74 Å². The number of carbonyl (C=O) groups is 1. The molecule has 4 aromatic rings. The van der Waals surface area contributed by atoms with Crippen molar-refractivity contribution in [2.24, 2.45) is 0 Å². The molecule has 2 aromatic carbocycles. The molecule has 0 bridgehead atoms. The first-order chi connectivity index (χ1) is 14.8. The van der Waals surface area contributed by atoms with Crippen molar-refractivity contribution in [2.75, 3.05) is 19.7 Å². The highest BCUT2D eigenvalue weighted by atomic mass is 16.5. The van der Waals surface area contributed by atoms with E-state index in [1.54, 1.807) is 6.20 Å². The maximum atomic E-state index is 13.6. The molecule has 5 heteroatoms. The number of carbonyl (C=O) groups excluding carboxylic acids is 1. The Labute approximate surface area is 175 Å². The number of pyridine rings is 2. The van der Waals surface area contributed by atoms with Crippen LogP contribution in [0.1, 0.15) is 22.0 Å². The summed E-state index contributed by atoms with van der Waals surface area (Å²) in [7, 11) is 0. The molecule has 0 aliphatic carbocycles. The number of hydrogen-bond donors (Lipinski definition) is 0. The van der Waals surface area contributed by atoms with E-state index in [2.05, 4.69) is 4.98 Å². The first-order valence-electron chi connectivity index (χ1n) is 10.1. The van der Waals surface area contributed by atoms with Gasteiger partial charge < -0.3 is 9.64 Å². The quantitative estimate of drug-likeness (QED) is 0.512. The summed E-state index contributed by atoms with van der Waals surface area (Å²) in [5, 5.41) is 0.852. The van der Waals surface area contributed by atoms with Crippen molar-refractivity contribution in [3.63, 3.8) is 0 Å². The number of rotatable bonds is 3. The van der Waals surface area contributed by atoms with Gasteiger partial charge in [-0.25, -0.2) is 4.98 Å². The van der Waals surface area contributed by atoms with E-state index in [1.165, 1.54) is 0 Å². The number of para-hydroxylation sites is 1. The van der Waals surface area contributed by atoms with E-state index in [0.29, 0.717) is 31.0 Å². The number of benzene rings is 2. The van der Waals surface area contributed by atoms with Gasteiger partial charge in [0, 0.05) is 18.1 Å². The fourth-order valence-electron chi connectivity index (χ4n) is 3.87. The minimum absolute atomic E-state index is 0.00462. The van der Waals surface area contributed by atoms with Crippen LogP contribution in [0.25, 0.3) is 22.3 Å². The summed E-state index contributed by atoms with van der Waals surface area (Å²) in [4.78, 5) is 24.6. The maximum absolute atomic E-state index is 13.6. The molecule has 3 heterocycles. The fourth-order valence-corrected chi connectivity index (χ4v) is 3.87. The molecule has 1 saturated heterocycles. The molecule has 1 fully saturated rings. The third-order valence-corrected chi connectivity index (χ3v) is 5.40. The van der Waals surface area contributed by atoms with Crippen LogP contribution in [0.3, 0.4) is 0 Å².